The summed E-state index contributed by atoms with van der Waals surface area (Å²) in [5.74, 6) is 0.141. The van der Waals surface area contributed by atoms with Gasteiger partial charge in [0.05, 0.1) is 11.0 Å². The van der Waals surface area contributed by atoms with Crippen molar-refractivity contribution in [3.05, 3.63) is 24.0 Å². The summed E-state index contributed by atoms with van der Waals surface area (Å²) in [6.45, 7) is 2.84. The number of halogens is 1. The summed E-state index contributed by atoms with van der Waals surface area (Å²) in [7, 11) is 4.03. The van der Waals surface area contributed by atoms with Gasteiger partial charge >= 0.3 is 0 Å². The fourth-order valence-electron chi connectivity index (χ4n) is 1.74. The minimum atomic E-state index is -0.289. The number of nitrogens with two attached hydrogens (primary N) is 1. The molecule has 0 spiro atoms. The molecule has 0 saturated heterocycles. The maximum Gasteiger partial charge on any atom is 0.201 e. The molecule has 0 saturated carbocycles. The van der Waals surface area contributed by atoms with Gasteiger partial charge < -0.3 is 15.2 Å². The highest BCUT2D eigenvalue weighted by atomic mass is 19.1. The van der Waals surface area contributed by atoms with E-state index >= 15 is 0 Å². The molecule has 0 bridgehead atoms. The minimum absolute atomic E-state index is 0.289. The lowest BCUT2D eigenvalue weighted by Gasteiger charge is -2.21. The van der Waals surface area contributed by atoms with Crippen molar-refractivity contribution < 1.29 is 4.39 Å². The summed E-state index contributed by atoms with van der Waals surface area (Å²) in [6, 6.07) is 4.89. The third-order valence-electron chi connectivity index (χ3n) is 3.07. The second-order valence-electron chi connectivity index (χ2n) is 4.53. The van der Waals surface area contributed by atoms with Crippen molar-refractivity contribution >= 4 is 17.0 Å². The van der Waals surface area contributed by atoms with Gasteiger partial charge in [0.25, 0.3) is 0 Å². The summed E-state index contributed by atoms with van der Waals surface area (Å²) in [5.41, 5.74) is 7.34. The Hall–Kier alpha value is -1.62. The molecule has 5 heteroatoms. The molecule has 4 nitrogen and oxygen atoms in total. The predicted molar refractivity (Wildman–Crippen MR) is 67.3 cm³/mol. The third-order valence-corrected chi connectivity index (χ3v) is 3.07. The zero-order chi connectivity index (χ0) is 12.6. The maximum atomic E-state index is 13.1. The van der Waals surface area contributed by atoms with Crippen LogP contribution >= 0.6 is 0 Å². The van der Waals surface area contributed by atoms with Crippen LogP contribution in [-0.4, -0.2) is 34.6 Å². The van der Waals surface area contributed by atoms with Crippen LogP contribution in [0.5, 0.6) is 0 Å². The first-order valence-electron chi connectivity index (χ1n) is 5.56. The molecule has 0 aliphatic rings. The molecule has 1 aromatic carbocycles. The van der Waals surface area contributed by atoms with Gasteiger partial charge in [0.1, 0.15) is 5.82 Å². The molecular formula is C12H17FN4. The van der Waals surface area contributed by atoms with E-state index in [0.29, 0.717) is 17.5 Å². The first kappa shape index (κ1) is 11.9. The summed E-state index contributed by atoms with van der Waals surface area (Å²) < 4.78 is 15.0. The zero-order valence-electron chi connectivity index (χ0n) is 10.3. The quantitative estimate of drug-likeness (QED) is 0.882. The second-order valence-corrected chi connectivity index (χ2v) is 4.53. The molecule has 1 heterocycles. The average Bonchev–Trinajstić information content (AvgIpc) is 2.54. The number of imidazole rings is 1. The molecule has 0 amide bonds. The molecule has 0 fully saturated rings. The van der Waals surface area contributed by atoms with Crippen LogP contribution in [0.15, 0.2) is 18.2 Å². The Bertz CT molecular complexity index is 533. The van der Waals surface area contributed by atoms with Crippen LogP contribution in [0.25, 0.3) is 11.0 Å². The number of hydrogen-bond acceptors (Lipinski definition) is 3. The molecular weight excluding hydrogens is 219 g/mol. The number of hydrogen-bond donors (Lipinski definition) is 1. The van der Waals surface area contributed by atoms with Gasteiger partial charge in [-0.25, -0.2) is 9.37 Å². The lowest BCUT2D eigenvalue weighted by atomic mass is 10.2. The van der Waals surface area contributed by atoms with Crippen molar-refractivity contribution in [2.75, 3.05) is 19.8 Å². The standard InChI is InChI=1S/C12H17FN4/c1-8(16(2)3)7-17-11-5-4-9(13)6-10(11)15-12(17)14/h4-6,8H,7H2,1-3H3,(H2,14,15). The molecule has 92 valence electrons. The molecule has 17 heavy (non-hydrogen) atoms. The lowest BCUT2D eigenvalue weighted by molar-refractivity contribution is 0.287. The van der Waals surface area contributed by atoms with Gasteiger partial charge in [-0.05, 0) is 33.2 Å². The number of anilines is 1. The van der Waals surface area contributed by atoms with Crippen molar-refractivity contribution in [3.63, 3.8) is 0 Å². The molecule has 1 atom stereocenters. The van der Waals surface area contributed by atoms with Gasteiger partial charge in [-0.15, -0.1) is 0 Å². The van der Waals surface area contributed by atoms with Gasteiger partial charge in [0.15, 0.2) is 0 Å². The van der Waals surface area contributed by atoms with E-state index in [9.17, 15) is 4.39 Å². The van der Waals surface area contributed by atoms with Crippen LogP contribution in [0.3, 0.4) is 0 Å². The zero-order valence-corrected chi connectivity index (χ0v) is 10.3. The summed E-state index contributed by atoms with van der Waals surface area (Å²) in [6.07, 6.45) is 0. The number of likely N-dealkylation sites (N-methyl/N-ethyl adjacent to an activating group) is 1. The molecule has 0 aliphatic carbocycles. The Morgan fingerprint density at radius 3 is 2.82 bits per heavy atom. The first-order valence-corrected chi connectivity index (χ1v) is 5.56. The highest BCUT2D eigenvalue weighted by Gasteiger charge is 2.12. The monoisotopic (exact) mass is 236 g/mol. The molecule has 2 rings (SSSR count). The van der Waals surface area contributed by atoms with Crippen LogP contribution in [0.2, 0.25) is 0 Å². The number of benzene rings is 1. The number of nitrogens with zero attached hydrogens (tertiary/aromatic N) is 3. The Morgan fingerprint density at radius 1 is 1.47 bits per heavy atom. The number of aromatic nitrogens is 2. The SMILES string of the molecule is CC(Cn1c(N)nc2cc(F)ccc21)N(C)C. The minimum Gasteiger partial charge on any atom is -0.369 e. The fraction of sp³-hybridized carbons (Fsp3) is 0.417. The van der Waals surface area contributed by atoms with E-state index in [2.05, 4.69) is 16.8 Å². The van der Waals surface area contributed by atoms with Crippen molar-refractivity contribution in [3.8, 4) is 0 Å². The molecule has 0 radical (unpaired) electrons. The predicted octanol–water partition coefficient (Wildman–Crippen LogP) is 1.71. The van der Waals surface area contributed by atoms with Crippen molar-refractivity contribution in [1.82, 2.24) is 14.5 Å². The van der Waals surface area contributed by atoms with E-state index in [1.165, 1.54) is 12.1 Å². The van der Waals surface area contributed by atoms with Crippen molar-refractivity contribution in [2.45, 2.75) is 19.5 Å². The van der Waals surface area contributed by atoms with Gasteiger partial charge in [0, 0.05) is 18.7 Å². The van der Waals surface area contributed by atoms with Gasteiger partial charge in [0.2, 0.25) is 5.95 Å². The smallest absolute Gasteiger partial charge is 0.201 e. The summed E-state index contributed by atoms with van der Waals surface area (Å²) in [5, 5.41) is 0. The van der Waals surface area contributed by atoms with E-state index in [4.69, 9.17) is 5.73 Å². The maximum absolute atomic E-state index is 13.1. The number of rotatable bonds is 3. The van der Waals surface area contributed by atoms with E-state index in [1.54, 1.807) is 6.07 Å². The highest BCUT2D eigenvalue weighted by molar-refractivity contribution is 5.78. The van der Waals surface area contributed by atoms with Crippen molar-refractivity contribution in [1.29, 1.82) is 0 Å². The first-order chi connectivity index (χ1) is 7.99. The van der Waals surface area contributed by atoms with Crippen LogP contribution in [-0.2, 0) is 6.54 Å². The van der Waals surface area contributed by atoms with Gasteiger partial charge in [-0.2, -0.15) is 0 Å². The Balaban J connectivity index is 2.43. The van der Waals surface area contributed by atoms with Gasteiger partial charge in [-0.3, -0.25) is 0 Å². The van der Waals surface area contributed by atoms with Crippen molar-refractivity contribution in [2.24, 2.45) is 0 Å². The Labute approximate surface area is 99.8 Å². The number of fused-ring (bicyclic) bond motifs is 1. The Kier molecular flexibility index (Phi) is 3.02. The molecule has 2 N–H and O–H groups in total. The van der Waals surface area contributed by atoms with E-state index < -0.39 is 0 Å². The van der Waals surface area contributed by atoms with E-state index in [0.717, 1.165) is 12.1 Å². The third kappa shape index (κ3) is 2.24. The largest absolute Gasteiger partial charge is 0.369 e. The number of nitrogen functional groups attached to an aromatic ring is 1. The highest BCUT2D eigenvalue weighted by Crippen LogP contribution is 2.19. The molecule has 1 unspecified atom stereocenters. The summed E-state index contributed by atoms with van der Waals surface area (Å²) >= 11 is 0. The summed E-state index contributed by atoms with van der Waals surface area (Å²) in [4.78, 5) is 6.27. The van der Waals surface area contributed by atoms with Crippen LogP contribution in [0.4, 0.5) is 10.3 Å². The molecule has 2 aromatic rings. The fourth-order valence-corrected chi connectivity index (χ4v) is 1.74. The van der Waals surface area contributed by atoms with Crippen LogP contribution in [0.1, 0.15) is 6.92 Å². The normalized spacial score (nSPS) is 13.5. The van der Waals surface area contributed by atoms with E-state index in [1.807, 2.05) is 18.7 Å². The van der Waals surface area contributed by atoms with Crippen LogP contribution < -0.4 is 5.73 Å². The van der Waals surface area contributed by atoms with Gasteiger partial charge in [-0.1, -0.05) is 0 Å². The Morgan fingerprint density at radius 2 is 2.18 bits per heavy atom. The second kappa shape index (κ2) is 4.33. The molecule has 1 aromatic heterocycles. The van der Waals surface area contributed by atoms with Crippen LogP contribution in [0, 0.1) is 5.82 Å². The van der Waals surface area contributed by atoms with E-state index in [-0.39, 0.29) is 5.82 Å². The molecule has 0 aliphatic heterocycles. The average molecular weight is 236 g/mol. The topological polar surface area (TPSA) is 47.1 Å². The lowest BCUT2D eigenvalue weighted by Crippen LogP contribution is -2.29.